The van der Waals surface area contributed by atoms with Crippen LogP contribution in [0.4, 0.5) is 0 Å². The highest BCUT2D eigenvalue weighted by Gasteiger charge is 2.26. The Bertz CT molecular complexity index is 1910. The molecule has 0 amide bonds. The molecular formula is C33H31N7O3. The number of benzene rings is 3. The van der Waals surface area contributed by atoms with Crippen LogP contribution in [0, 0.1) is 0 Å². The predicted octanol–water partition coefficient (Wildman–Crippen LogP) is 5.20. The van der Waals surface area contributed by atoms with E-state index in [-0.39, 0.29) is 5.56 Å². The number of hydrogen-bond donors (Lipinski definition) is 1. The van der Waals surface area contributed by atoms with Crippen molar-refractivity contribution in [1.29, 1.82) is 0 Å². The highest BCUT2D eigenvalue weighted by atomic mass is 16.5. The van der Waals surface area contributed by atoms with Gasteiger partial charge in [0.05, 0.1) is 12.6 Å². The third kappa shape index (κ3) is 5.46. The number of aromatic amines is 1. The summed E-state index contributed by atoms with van der Waals surface area (Å²) >= 11 is 0. The summed E-state index contributed by atoms with van der Waals surface area (Å²) in [5.41, 5.74) is 5.39. The second-order valence-corrected chi connectivity index (χ2v) is 10.3. The van der Waals surface area contributed by atoms with Gasteiger partial charge < -0.3 is 9.30 Å². The number of aryl methyl sites for hydroxylation is 1. The molecule has 1 unspecified atom stereocenters. The Hall–Kier alpha value is -5.38. The predicted molar refractivity (Wildman–Crippen MR) is 163 cm³/mol. The van der Waals surface area contributed by atoms with E-state index < -0.39 is 12.0 Å². The van der Waals surface area contributed by atoms with Crippen molar-refractivity contribution >= 4 is 17.0 Å². The quantitative estimate of drug-likeness (QED) is 0.224. The number of imidazole rings is 1. The number of carbonyl (C=O) groups excluding carboxylic acids is 1. The molecule has 6 rings (SSSR count). The van der Waals surface area contributed by atoms with Crippen molar-refractivity contribution < 1.29 is 9.53 Å². The average Bonchev–Trinajstić information content (AvgIpc) is 3.71. The van der Waals surface area contributed by atoms with Crippen LogP contribution in [0.25, 0.3) is 33.5 Å². The standard InChI is InChI=1S/C33H31N7O3/c1-3-4-14-28-34-27-19-20-39(29(33(42)43-2)24-10-6-5-7-11-24)32(41)30(27)40(28)21-22-15-17-23(18-16-22)25-12-8-9-13-26(25)31-35-37-38-36-31/h5-13,15-20,29H,3-4,14,21H2,1-2H3,(H,35,36,37,38). The smallest absolute Gasteiger partial charge is 0.333 e. The third-order valence-corrected chi connectivity index (χ3v) is 7.61. The van der Waals surface area contributed by atoms with Crippen LogP contribution >= 0.6 is 0 Å². The van der Waals surface area contributed by atoms with E-state index in [1.807, 2.05) is 59.2 Å². The molecule has 0 spiro atoms. The molecule has 43 heavy (non-hydrogen) atoms. The number of nitrogens with zero attached hydrogens (tertiary/aromatic N) is 6. The maximum Gasteiger partial charge on any atom is 0.333 e. The van der Waals surface area contributed by atoms with E-state index in [0.717, 1.165) is 47.3 Å². The minimum absolute atomic E-state index is 0.293. The maximum absolute atomic E-state index is 14.1. The van der Waals surface area contributed by atoms with E-state index in [2.05, 4.69) is 51.8 Å². The largest absolute Gasteiger partial charge is 0.467 e. The summed E-state index contributed by atoms with van der Waals surface area (Å²) in [7, 11) is 1.33. The summed E-state index contributed by atoms with van der Waals surface area (Å²) in [4.78, 5) is 31.9. The summed E-state index contributed by atoms with van der Waals surface area (Å²) in [5.74, 6) is 0.928. The van der Waals surface area contributed by atoms with Crippen molar-refractivity contribution in [2.45, 2.75) is 38.8 Å². The van der Waals surface area contributed by atoms with Crippen LogP contribution in [-0.2, 0) is 22.5 Å². The van der Waals surface area contributed by atoms with Gasteiger partial charge in [-0.3, -0.25) is 9.36 Å². The molecule has 0 saturated heterocycles. The molecule has 216 valence electrons. The van der Waals surface area contributed by atoms with Crippen LogP contribution in [0.5, 0.6) is 0 Å². The number of fused-ring (bicyclic) bond motifs is 1. The molecule has 1 atom stereocenters. The van der Waals surface area contributed by atoms with E-state index in [4.69, 9.17) is 9.72 Å². The monoisotopic (exact) mass is 573 g/mol. The number of pyridine rings is 1. The molecule has 10 nitrogen and oxygen atoms in total. The first-order chi connectivity index (χ1) is 21.1. The Morgan fingerprint density at radius 3 is 2.40 bits per heavy atom. The minimum Gasteiger partial charge on any atom is -0.467 e. The summed E-state index contributed by atoms with van der Waals surface area (Å²) < 4.78 is 8.56. The summed E-state index contributed by atoms with van der Waals surface area (Å²) in [6, 6.07) is 26.3. The van der Waals surface area contributed by atoms with Gasteiger partial charge in [-0.05, 0) is 45.2 Å². The maximum atomic E-state index is 14.1. The molecule has 6 aromatic rings. The van der Waals surface area contributed by atoms with Gasteiger partial charge in [0.25, 0.3) is 5.56 Å². The fourth-order valence-corrected chi connectivity index (χ4v) is 5.45. The highest BCUT2D eigenvalue weighted by molar-refractivity contribution is 5.81. The fourth-order valence-electron chi connectivity index (χ4n) is 5.45. The molecule has 0 bridgehead atoms. The molecule has 1 N–H and O–H groups in total. The number of rotatable bonds is 10. The zero-order chi connectivity index (χ0) is 29.8. The number of tetrazole rings is 1. The fraction of sp³-hybridized carbons (Fsp3) is 0.212. The first-order valence-electron chi connectivity index (χ1n) is 14.2. The molecule has 3 heterocycles. The molecule has 0 aliphatic heterocycles. The van der Waals surface area contributed by atoms with E-state index in [9.17, 15) is 9.59 Å². The molecule has 0 aliphatic carbocycles. The van der Waals surface area contributed by atoms with Crippen molar-refractivity contribution in [2.24, 2.45) is 0 Å². The van der Waals surface area contributed by atoms with Gasteiger partial charge in [-0.2, -0.15) is 0 Å². The Balaban J connectivity index is 1.41. The zero-order valence-electron chi connectivity index (χ0n) is 24.0. The molecule has 0 aliphatic rings. The van der Waals surface area contributed by atoms with Crippen molar-refractivity contribution in [2.75, 3.05) is 7.11 Å². The van der Waals surface area contributed by atoms with Crippen molar-refractivity contribution in [3.63, 3.8) is 0 Å². The first-order valence-corrected chi connectivity index (χ1v) is 14.2. The number of nitrogens with one attached hydrogen (secondary N) is 1. The summed E-state index contributed by atoms with van der Waals surface area (Å²) in [6.07, 6.45) is 4.32. The SMILES string of the molecule is CCCCc1nc2ccn(C(C(=O)OC)c3ccccc3)c(=O)c2n1Cc1ccc(-c2ccccc2-c2nnn[nH]2)cc1. The molecule has 3 aromatic carbocycles. The van der Waals surface area contributed by atoms with Crippen molar-refractivity contribution in [1.82, 2.24) is 34.7 Å². The molecule has 10 heteroatoms. The number of unbranched alkanes of at least 4 members (excludes halogenated alkanes) is 1. The lowest BCUT2D eigenvalue weighted by atomic mass is 9.98. The Morgan fingerprint density at radius 2 is 1.70 bits per heavy atom. The van der Waals surface area contributed by atoms with E-state index in [1.165, 1.54) is 11.7 Å². The van der Waals surface area contributed by atoms with Crippen LogP contribution in [0.15, 0.2) is 95.9 Å². The Kier molecular flexibility index (Phi) is 7.90. The van der Waals surface area contributed by atoms with Crippen LogP contribution in [0.1, 0.15) is 42.8 Å². The topological polar surface area (TPSA) is 121 Å². The minimum atomic E-state index is -0.913. The van der Waals surface area contributed by atoms with Crippen LogP contribution in [0.2, 0.25) is 0 Å². The van der Waals surface area contributed by atoms with Gasteiger partial charge in [-0.1, -0.05) is 92.2 Å². The summed E-state index contributed by atoms with van der Waals surface area (Å²) in [6.45, 7) is 2.59. The lowest BCUT2D eigenvalue weighted by molar-refractivity contribution is -0.143. The third-order valence-electron chi connectivity index (χ3n) is 7.61. The normalized spacial score (nSPS) is 12.0. The van der Waals surface area contributed by atoms with Gasteiger partial charge in [-0.15, -0.1) is 5.10 Å². The van der Waals surface area contributed by atoms with Gasteiger partial charge in [-0.25, -0.2) is 14.9 Å². The zero-order valence-corrected chi connectivity index (χ0v) is 24.0. The molecule has 0 saturated carbocycles. The number of ether oxygens (including phenoxy) is 1. The number of aromatic nitrogens is 7. The molecule has 0 fully saturated rings. The molecular weight excluding hydrogens is 542 g/mol. The van der Waals surface area contributed by atoms with Crippen molar-refractivity contribution in [3.8, 4) is 22.5 Å². The highest BCUT2D eigenvalue weighted by Crippen LogP contribution is 2.30. The number of esters is 1. The second-order valence-electron chi connectivity index (χ2n) is 10.3. The van der Waals surface area contributed by atoms with Crippen LogP contribution in [0.3, 0.4) is 0 Å². The van der Waals surface area contributed by atoms with Crippen LogP contribution in [-0.4, -0.2) is 47.8 Å². The van der Waals surface area contributed by atoms with Gasteiger partial charge in [0.15, 0.2) is 11.9 Å². The Morgan fingerprint density at radius 1 is 0.953 bits per heavy atom. The van der Waals surface area contributed by atoms with Crippen molar-refractivity contribution in [3.05, 3.63) is 118 Å². The van der Waals surface area contributed by atoms with E-state index in [1.54, 1.807) is 12.3 Å². The number of H-pyrrole nitrogens is 1. The molecule has 0 radical (unpaired) electrons. The number of hydrogen-bond acceptors (Lipinski definition) is 7. The van der Waals surface area contributed by atoms with Gasteiger partial charge in [0.2, 0.25) is 0 Å². The van der Waals surface area contributed by atoms with Gasteiger partial charge >= 0.3 is 5.97 Å². The molecule has 3 aromatic heterocycles. The van der Waals surface area contributed by atoms with Crippen LogP contribution < -0.4 is 5.56 Å². The number of methoxy groups -OCH3 is 1. The number of carbonyl (C=O) groups is 1. The average molecular weight is 574 g/mol. The summed E-state index contributed by atoms with van der Waals surface area (Å²) in [5, 5.41) is 14.4. The Labute approximate surface area is 248 Å². The van der Waals surface area contributed by atoms with E-state index in [0.29, 0.717) is 29.0 Å². The lowest BCUT2D eigenvalue weighted by Gasteiger charge is -2.18. The van der Waals surface area contributed by atoms with Gasteiger partial charge in [0.1, 0.15) is 11.3 Å². The van der Waals surface area contributed by atoms with E-state index >= 15 is 0 Å². The van der Waals surface area contributed by atoms with Gasteiger partial charge in [0, 0.05) is 24.7 Å². The second kappa shape index (κ2) is 12.2. The lowest BCUT2D eigenvalue weighted by Crippen LogP contribution is -2.32. The first kappa shape index (κ1) is 27.8.